The lowest BCUT2D eigenvalue weighted by atomic mass is 10.0. The first kappa shape index (κ1) is 27.4. The fourth-order valence-corrected chi connectivity index (χ4v) is 3.35. The molecule has 2 unspecified atom stereocenters. The van der Waals surface area contributed by atoms with Crippen LogP contribution >= 0.6 is 12.4 Å². The standard InChI is InChI=1S/C21H45NO2.ClH/c1-4-5-6-7-8-9-10-11-12-13-14-15-16-17-18-19-22(20(2)23)21(3)24;/h20-21,23-24H,4-19H2,1-3H3;1H. The molecule has 0 radical (unpaired) electrons. The van der Waals surface area contributed by atoms with E-state index in [0.29, 0.717) is 0 Å². The van der Waals surface area contributed by atoms with E-state index in [-0.39, 0.29) is 12.4 Å². The Morgan fingerprint density at radius 3 is 1.12 bits per heavy atom. The molecule has 0 heterocycles. The lowest BCUT2D eigenvalue weighted by Gasteiger charge is -2.27. The molecule has 154 valence electrons. The first-order chi connectivity index (χ1) is 11.6. The van der Waals surface area contributed by atoms with E-state index in [1.807, 2.05) is 0 Å². The molecule has 0 aromatic heterocycles. The number of unbranched alkanes of at least 4 members (excludes halogenated alkanes) is 14. The molecule has 0 aliphatic heterocycles. The van der Waals surface area contributed by atoms with Gasteiger partial charge in [0.25, 0.3) is 0 Å². The second-order valence-electron chi connectivity index (χ2n) is 7.45. The first-order valence-electron chi connectivity index (χ1n) is 10.7. The van der Waals surface area contributed by atoms with Crippen LogP contribution in [0, 0.1) is 0 Å². The van der Waals surface area contributed by atoms with Gasteiger partial charge in [0.05, 0.1) is 0 Å². The van der Waals surface area contributed by atoms with Crippen LogP contribution < -0.4 is 0 Å². The lowest BCUT2D eigenvalue weighted by Crippen LogP contribution is -2.40. The van der Waals surface area contributed by atoms with E-state index in [9.17, 15) is 10.2 Å². The summed E-state index contributed by atoms with van der Waals surface area (Å²) in [6.07, 6.45) is 19.3. The van der Waals surface area contributed by atoms with Crippen molar-refractivity contribution in [2.45, 2.75) is 130 Å². The van der Waals surface area contributed by atoms with Crippen LogP contribution in [0.3, 0.4) is 0 Å². The Labute approximate surface area is 164 Å². The molecule has 0 saturated heterocycles. The van der Waals surface area contributed by atoms with Gasteiger partial charge in [-0.15, -0.1) is 12.4 Å². The highest BCUT2D eigenvalue weighted by Crippen LogP contribution is 2.13. The van der Waals surface area contributed by atoms with Gasteiger partial charge < -0.3 is 10.2 Å². The Kier molecular flexibility index (Phi) is 22.4. The molecule has 0 amide bonds. The molecule has 0 saturated carbocycles. The Hall–Kier alpha value is 0.170. The molecule has 2 N–H and O–H groups in total. The fourth-order valence-electron chi connectivity index (χ4n) is 3.35. The number of rotatable bonds is 18. The van der Waals surface area contributed by atoms with Gasteiger partial charge in [0.2, 0.25) is 0 Å². The largest absolute Gasteiger partial charge is 0.379 e. The van der Waals surface area contributed by atoms with Crippen LogP contribution in [0.15, 0.2) is 0 Å². The number of hydrogen-bond donors (Lipinski definition) is 2. The second kappa shape index (κ2) is 20.5. The highest BCUT2D eigenvalue weighted by atomic mass is 35.5. The molecule has 0 aromatic carbocycles. The second-order valence-corrected chi connectivity index (χ2v) is 7.45. The zero-order valence-corrected chi connectivity index (χ0v) is 18.0. The number of aliphatic hydroxyl groups excluding tert-OH is 2. The normalized spacial score (nSPS) is 13.7. The van der Waals surface area contributed by atoms with Crippen LogP contribution in [-0.4, -0.2) is 34.1 Å². The molecule has 0 aliphatic rings. The Morgan fingerprint density at radius 1 is 0.560 bits per heavy atom. The summed E-state index contributed by atoms with van der Waals surface area (Å²) in [5.74, 6) is 0. The molecule has 0 bridgehead atoms. The molecule has 0 aromatic rings. The summed E-state index contributed by atoms with van der Waals surface area (Å²) in [6, 6.07) is 0. The van der Waals surface area contributed by atoms with Gasteiger partial charge in [-0.1, -0.05) is 96.8 Å². The van der Waals surface area contributed by atoms with E-state index in [1.165, 1.54) is 89.9 Å². The highest BCUT2D eigenvalue weighted by Gasteiger charge is 2.14. The summed E-state index contributed by atoms with van der Waals surface area (Å²) in [6.45, 7) is 6.50. The summed E-state index contributed by atoms with van der Waals surface area (Å²) in [5, 5.41) is 19.1. The third-order valence-corrected chi connectivity index (χ3v) is 4.98. The molecule has 25 heavy (non-hydrogen) atoms. The van der Waals surface area contributed by atoms with Crippen molar-refractivity contribution in [2.24, 2.45) is 0 Å². The number of aliphatic hydroxyl groups is 2. The number of hydrogen-bond acceptors (Lipinski definition) is 3. The van der Waals surface area contributed by atoms with Crippen LogP contribution in [0.5, 0.6) is 0 Å². The van der Waals surface area contributed by atoms with E-state index >= 15 is 0 Å². The van der Waals surface area contributed by atoms with Gasteiger partial charge in [-0.3, -0.25) is 4.90 Å². The first-order valence-corrected chi connectivity index (χ1v) is 10.7. The quantitative estimate of drug-likeness (QED) is 0.218. The highest BCUT2D eigenvalue weighted by molar-refractivity contribution is 5.85. The van der Waals surface area contributed by atoms with Crippen molar-refractivity contribution in [2.75, 3.05) is 6.54 Å². The van der Waals surface area contributed by atoms with Gasteiger partial charge in [0.15, 0.2) is 0 Å². The van der Waals surface area contributed by atoms with Crippen molar-refractivity contribution in [3.05, 3.63) is 0 Å². The maximum atomic E-state index is 9.56. The maximum Gasteiger partial charge on any atom is 0.106 e. The average Bonchev–Trinajstić information content (AvgIpc) is 2.53. The molecule has 0 rings (SSSR count). The van der Waals surface area contributed by atoms with E-state index < -0.39 is 12.5 Å². The smallest absolute Gasteiger partial charge is 0.106 e. The zero-order chi connectivity index (χ0) is 18.0. The van der Waals surface area contributed by atoms with Crippen molar-refractivity contribution >= 4 is 12.4 Å². The summed E-state index contributed by atoms with van der Waals surface area (Å²) < 4.78 is 0. The van der Waals surface area contributed by atoms with Crippen LogP contribution in [0.25, 0.3) is 0 Å². The van der Waals surface area contributed by atoms with Gasteiger partial charge in [-0.2, -0.15) is 0 Å². The Bertz CT molecular complexity index is 242. The molecule has 0 spiro atoms. The van der Waals surface area contributed by atoms with E-state index in [0.717, 1.165) is 13.0 Å². The summed E-state index contributed by atoms with van der Waals surface area (Å²) >= 11 is 0. The van der Waals surface area contributed by atoms with Crippen molar-refractivity contribution in [3.8, 4) is 0 Å². The fraction of sp³-hybridized carbons (Fsp3) is 1.00. The molecule has 0 fully saturated rings. The topological polar surface area (TPSA) is 43.7 Å². The van der Waals surface area contributed by atoms with Gasteiger partial charge in [0, 0.05) is 6.54 Å². The molecular weight excluding hydrogens is 334 g/mol. The summed E-state index contributed by atoms with van der Waals surface area (Å²) in [4.78, 5) is 1.74. The van der Waals surface area contributed by atoms with Crippen molar-refractivity contribution in [3.63, 3.8) is 0 Å². The SMILES string of the molecule is CCCCCCCCCCCCCCCCCN(C(C)O)C(C)O.Cl. The zero-order valence-electron chi connectivity index (χ0n) is 17.2. The van der Waals surface area contributed by atoms with Gasteiger partial charge in [-0.25, -0.2) is 0 Å². The van der Waals surface area contributed by atoms with Gasteiger partial charge in [0.1, 0.15) is 12.5 Å². The van der Waals surface area contributed by atoms with E-state index in [1.54, 1.807) is 18.7 Å². The van der Waals surface area contributed by atoms with Crippen LogP contribution in [0.1, 0.15) is 117 Å². The van der Waals surface area contributed by atoms with Gasteiger partial charge in [-0.05, 0) is 20.3 Å². The van der Waals surface area contributed by atoms with Crippen molar-refractivity contribution < 1.29 is 10.2 Å². The maximum absolute atomic E-state index is 9.56. The predicted octanol–water partition coefficient (Wildman–Crippen LogP) is 6.26. The number of nitrogens with zero attached hydrogens (tertiary/aromatic N) is 1. The minimum Gasteiger partial charge on any atom is -0.379 e. The number of halogens is 1. The summed E-state index contributed by atoms with van der Waals surface area (Å²) in [7, 11) is 0. The molecule has 2 atom stereocenters. The summed E-state index contributed by atoms with van der Waals surface area (Å²) in [5.41, 5.74) is 0. The minimum absolute atomic E-state index is 0. The van der Waals surface area contributed by atoms with Gasteiger partial charge >= 0.3 is 0 Å². The minimum atomic E-state index is -0.559. The Balaban J connectivity index is 0. The third kappa shape index (κ3) is 18.8. The van der Waals surface area contributed by atoms with Crippen LogP contribution in [0.2, 0.25) is 0 Å². The molecule has 3 nitrogen and oxygen atoms in total. The van der Waals surface area contributed by atoms with Crippen LogP contribution in [-0.2, 0) is 0 Å². The molecule has 0 aliphatic carbocycles. The van der Waals surface area contributed by atoms with Crippen LogP contribution in [0.4, 0.5) is 0 Å². The van der Waals surface area contributed by atoms with Crippen molar-refractivity contribution in [1.29, 1.82) is 0 Å². The Morgan fingerprint density at radius 2 is 0.840 bits per heavy atom. The molecular formula is C21H46ClNO2. The average molecular weight is 380 g/mol. The molecule has 4 heteroatoms. The van der Waals surface area contributed by atoms with E-state index in [4.69, 9.17) is 0 Å². The third-order valence-electron chi connectivity index (χ3n) is 4.98. The lowest BCUT2D eigenvalue weighted by molar-refractivity contribution is -0.0844. The van der Waals surface area contributed by atoms with Crippen molar-refractivity contribution in [1.82, 2.24) is 4.90 Å². The monoisotopic (exact) mass is 379 g/mol. The van der Waals surface area contributed by atoms with E-state index in [2.05, 4.69) is 6.92 Å². The predicted molar refractivity (Wildman–Crippen MR) is 112 cm³/mol.